The third kappa shape index (κ3) is 1.88. The summed E-state index contributed by atoms with van der Waals surface area (Å²) in [5.74, 6) is -1.23. The minimum Gasteiger partial charge on any atom is -0.465 e. The summed E-state index contributed by atoms with van der Waals surface area (Å²) in [5.41, 5.74) is 0. The number of carbonyl (C=O) groups excluding carboxylic acids is 2. The maximum Gasteiger partial charge on any atom is 0.318 e. The van der Waals surface area contributed by atoms with Gasteiger partial charge in [-0.3, -0.25) is 9.59 Å². The lowest BCUT2D eigenvalue weighted by Gasteiger charge is -2.09. The van der Waals surface area contributed by atoms with Crippen molar-refractivity contribution in [3.8, 4) is 0 Å². The van der Waals surface area contributed by atoms with Gasteiger partial charge in [0, 0.05) is 6.54 Å². The standard InChI is InChI=1S/C9H13NO3/c1-3-10-6-5-7(8(10)11)9(12)13-4-2/h3,7H,1,4-6H2,2H3. The Kier molecular flexibility index (Phi) is 3.06. The van der Waals surface area contributed by atoms with Crippen molar-refractivity contribution >= 4 is 11.9 Å². The van der Waals surface area contributed by atoms with Crippen LogP contribution >= 0.6 is 0 Å². The molecular weight excluding hydrogens is 170 g/mol. The monoisotopic (exact) mass is 183 g/mol. The second-order valence-corrected chi connectivity index (χ2v) is 2.81. The van der Waals surface area contributed by atoms with Gasteiger partial charge in [-0.15, -0.1) is 0 Å². The largest absolute Gasteiger partial charge is 0.465 e. The Bertz CT molecular complexity index is 237. The Morgan fingerprint density at radius 1 is 1.85 bits per heavy atom. The molecule has 0 aromatic rings. The number of hydrogen-bond donors (Lipinski definition) is 0. The molecule has 0 aromatic carbocycles. The molecule has 1 atom stereocenters. The van der Waals surface area contributed by atoms with Crippen molar-refractivity contribution in [2.45, 2.75) is 13.3 Å². The minimum absolute atomic E-state index is 0.201. The van der Waals surface area contributed by atoms with Crippen molar-refractivity contribution in [1.82, 2.24) is 4.90 Å². The molecule has 1 aliphatic rings. The first-order valence-corrected chi connectivity index (χ1v) is 4.30. The van der Waals surface area contributed by atoms with Gasteiger partial charge in [0.25, 0.3) is 0 Å². The van der Waals surface area contributed by atoms with Crippen LogP contribution in [0.5, 0.6) is 0 Å². The van der Waals surface area contributed by atoms with E-state index in [4.69, 9.17) is 4.74 Å². The summed E-state index contributed by atoms with van der Waals surface area (Å²) in [6.45, 7) is 6.09. The first kappa shape index (κ1) is 9.77. The Hall–Kier alpha value is -1.32. The third-order valence-electron chi connectivity index (χ3n) is 2.03. The lowest BCUT2D eigenvalue weighted by molar-refractivity contribution is -0.151. The van der Waals surface area contributed by atoms with Gasteiger partial charge in [-0.1, -0.05) is 6.58 Å². The van der Waals surface area contributed by atoms with Crippen LogP contribution in [0.1, 0.15) is 13.3 Å². The normalized spacial score (nSPS) is 21.8. The summed E-state index contributed by atoms with van der Waals surface area (Å²) in [6, 6.07) is 0. The first-order chi connectivity index (χ1) is 6.20. The van der Waals surface area contributed by atoms with Crippen molar-refractivity contribution in [2.75, 3.05) is 13.2 Å². The fraction of sp³-hybridized carbons (Fsp3) is 0.556. The van der Waals surface area contributed by atoms with Crippen LogP contribution in [0.2, 0.25) is 0 Å². The van der Waals surface area contributed by atoms with Gasteiger partial charge in [-0.2, -0.15) is 0 Å². The highest BCUT2D eigenvalue weighted by atomic mass is 16.5. The van der Waals surface area contributed by atoms with Gasteiger partial charge < -0.3 is 9.64 Å². The van der Waals surface area contributed by atoms with Crippen LogP contribution in [0, 0.1) is 5.92 Å². The molecule has 13 heavy (non-hydrogen) atoms. The molecule has 0 radical (unpaired) electrons. The molecule has 1 amide bonds. The highest BCUT2D eigenvalue weighted by Crippen LogP contribution is 2.19. The second-order valence-electron chi connectivity index (χ2n) is 2.81. The molecular formula is C9H13NO3. The molecule has 0 spiro atoms. The lowest BCUT2D eigenvalue weighted by atomic mass is 10.1. The predicted molar refractivity (Wildman–Crippen MR) is 46.7 cm³/mol. The minimum atomic E-state index is -0.613. The first-order valence-electron chi connectivity index (χ1n) is 4.30. The van der Waals surface area contributed by atoms with E-state index in [1.807, 2.05) is 0 Å². The number of carbonyl (C=O) groups is 2. The van der Waals surface area contributed by atoms with Crippen molar-refractivity contribution in [2.24, 2.45) is 5.92 Å². The number of hydrogen-bond acceptors (Lipinski definition) is 3. The summed E-state index contributed by atoms with van der Waals surface area (Å²) in [7, 11) is 0. The molecule has 1 saturated heterocycles. The van der Waals surface area contributed by atoms with Crippen LogP contribution in [0.4, 0.5) is 0 Å². The van der Waals surface area contributed by atoms with Crippen LogP contribution in [-0.2, 0) is 14.3 Å². The van der Waals surface area contributed by atoms with E-state index in [0.717, 1.165) is 0 Å². The van der Waals surface area contributed by atoms with E-state index in [1.165, 1.54) is 11.1 Å². The number of amides is 1. The van der Waals surface area contributed by atoms with Crippen LogP contribution in [0.15, 0.2) is 12.8 Å². The van der Waals surface area contributed by atoms with Gasteiger partial charge >= 0.3 is 5.97 Å². The molecule has 1 fully saturated rings. The number of ether oxygens (including phenoxy) is 1. The van der Waals surface area contributed by atoms with Crippen molar-refractivity contribution < 1.29 is 14.3 Å². The van der Waals surface area contributed by atoms with Crippen LogP contribution in [0.25, 0.3) is 0 Å². The highest BCUT2D eigenvalue weighted by Gasteiger charge is 2.36. The van der Waals surface area contributed by atoms with Gasteiger partial charge in [-0.05, 0) is 19.5 Å². The SMILES string of the molecule is C=CN1CCC(C(=O)OCC)C1=O. The van der Waals surface area contributed by atoms with Gasteiger partial charge in [0.05, 0.1) is 6.61 Å². The van der Waals surface area contributed by atoms with Gasteiger partial charge in [0.15, 0.2) is 0 Å². The number of esters is 1. The summed E-state index contributed by atoms with van der Waals surface area (Å²) < 4.78 is 4.77. The van der Waals surface area contributed by atoms with Crippen molar-refractivity contribution in [1.29, 1.82) is 0 Å². The fourth-order valence-corrected chi connectivity index (χ4v) is 1.34. The van der Waals surface area contributed by atoms with E-state index in [2.05, 4.69) is 6.58 Å². The zero-order chi connectivity index (χ0) is 9.84. The van der Waals surface area contributed by atoms with Crippen LogP contribution in [0.3, 0.4) is 0 Å². The quantitative estimate of drug-likeness (QED) is 0.474. The molecule has 1 aliphatic heterocycles. The van der Waals surface area contributed by atoms with E-state index >= 15 is 0 Å². The predicted octanol–water partition coefficient (Wildman–Crippen LogP) is 0.542. The summed E-state index contributed by atoms with van der Waals surface area (Å²) in [5, 5.41) is 0. The molecule has 4 heteroatoms. The molecule has 1 rings (SSSR count). The van der Waals surface area contributed by atoms with Gasteiger partial charge in [0.1, 0.15) is 5.92 Å². The van der Waals surface area contributed by atoms with E-state index in [-0.39, 0.29) is 5.91 Å². The molecule has 0 bridgehead atoms. The number of nitrogens with zero attached hydrogens (tertiary/aromatic N) is 1. The average Bonchev–Trinajstić information content (AvgIpc) is 2.47. The highest BCUT2D eigenvalue weighted by molar-refractivity contribution is 5.99. The van der Waals surface area contributed by atoms with E-state index in [9.17, 15) is 9.59 Å². The Morgan fingerprint density at radius 3 is 3.00 bits per heavy atom. The second kappa shape index (κ2) is 4.07. The maximum absolute atomic E-state index is 11.4. The molecule has 0 aromatic heterocycles. The Balaban J connectivity index is 2.59. The van der Waals surface area contributed by atoms with Crippen LogP contribution < -0.4 is 0 Å². The van der Waals surface area contributed by atoms with Gasteiger partial charge in [0.2, 0.25) is 5.91 Å². The van der Waals surface area contributed by atoms with E-state index in [1.54, 1.807) is 6.92 Å². The molecule has 0 N–H and O–H groups in total. The molecule has 72 valence electrons. The fourth-order valence-electron chi connectivity index (χ4n) is 1.34. The third-order valence-corrected chi connectivity index (χ3v) is 2.03. The Labute approximate surface area is 77.2 Å². The summed E-state index contributed by atoms with van der Waals surface area (Å²) in [6.07, 6.45) is 1.98. The molecule has 4 nitrogen and oxygen atoms in total. The maximum atomic E-state index is 11.4. The zero-order valence-corrected chi connectivity index (χ0v) is 7.66. The average molecular weight is 183 g/mol. The Morgan fingerprint density at radius 2 is 2.54 bits per heavy atom. The molecule has 1 unspecified atom stereocenters. The number of rotatable bonds is 3. The number of likely N-dealkylation sites (tertiary alicyclic amines) is 1. The smallest absolute Gasteiger partial charge is 0.318 e. The van der Waals surface area contributed by atoms with E-state index < -0.39 is 11.9 Å². The summed E-state index contributed by atoms with van der Waals surface area (Å²) in [4.78, 5) is 24.1. The zero-order valence-electron chi connectivity index (χ0n) is 7.66. The van der Waals surface area contributed by atoms with Crippen molar-refractivity contribution in [3.05, 3.63) is 12.8 Å². The van der Waals surface area contributed by atoms with Crippen LogP contribution in [-0.4, -0.2) is 29.9 Å². The topological polar surface area (TPSA) is 46.6 Å². The molecule has 1 heterocycles. The lowest BCUT2D eigenvalue weighted by Crippen LogP contribution is -2.27. The van der Waals surface area contributed by atoms with Gasteiger partial charge in [-0.25, -0.2) is 0 Å². The molecule has 0 aliphatic carbocycles. The van der Waals surface area contributed by atoms with Crippen molar-refractivity contribution in [3.63, 3.8) is 0 Å². The van der Waals surface area contributed by atoms with E-state index in [0.29, 0.717) is 19.6 Å². The molecule has 0 saturated carbocycles. The summed E-state index contributed by atoms with van der Waals surface area (Å²) >= 11 is 0.